The smallest absolute Gasteiger partial charge is 0.355 e. The Bertz CT molecular complexity index is 585. The van der Waals surface area contributed by atoms with E-state index in [1.165, 1.54) is 6.07 Å². The first-order valence-corrected chi connectivity index (χ1v) is 6.24. The Hall–Kier alpha value is -1.75. The van der Waals surface area contributed by atoms with Crippen LogP contribution >= 0.6 is 11.6 Å². The third-order valence-corrected chi connectivity index (χ3v) is 3.08. The minimum Gasteiger partial charge on any atom is -0.355 e. The predicted molar refractivity (Wildman–Crippen MR) is 72.8 cm³/mol. The molecule has 2 nitrogen and oxygen atoms in total. The van der Waals surface area contributed by atoms with Gasteiger partial charge in [-0.25, -0.2) is 4.98 Å². The first kappa shape index (κ1) is 14.7. The Morgan fingerprint density at radius 2 is 1.75 bits per heavy atom. The van der Waals surface area contributed by atoms with Gasteiger partial charge in [-0.05, 0) is 17.7 Å². The third kappa shape index (κ3) is 3.42. The van der Waals surface area contributed by atoms with Crippen LogP contribution in [0.1, 0.15) is 11.1 Å². The van der Waals surface area contributed by atoms with Crippen molar-refractivity contribution >= 4 is 17.4 Å². The topological polar surface area (TPSA) is 16.1 Å². The molecule has 2 rings (SSSR count). The first-order chi connectivity index (χ1) is 9.38. The molecule has 0 saturated carbocycles. The number of hydrogen-bond donors (Lipinski definition) is 0. The second kappa shape index (κ2) is 5.71. The Kier molecular flexibility index (Phi) is 4.18. The van der Waals surface area contributed by atoms with Crippen molar-refractivity contribution in [1.29, 1.82) is 0 Å². The number of aromatic nitrogens is 1. The number of alkyl halides is 3. The van der Waals surface area contributed by atoms with E-state index in [1.807, 2.05) is 30.3 Å². The number of halogens is 4. The summed E-state index contributed by atoms with van der Waals surface area (Å²) in [7, 11) is 1.75. The van der Waals surface area contributed by atoms with Gasteiger partial charge in [-0.1, -0.05) is 41.9 Å². The van der Waals surface area contributed by atoms with Gasteiger partial charge in [0.1, 0.15) is 11.0 Å². The van der Waals surface area contributed by atoms with E-state index in [9.17, 15) is 13.2 Å². The highest BCUT2D eigenvalue weighted by Gasteiger charge is 2.34. The standard InChI is InChI=1S/C14H12ClF3N2/c1-20(9-10-5-3-2-4-6-10)12-8-7-11(13(15)19-12)14(16,17)18/h2-8H,9H2,1H3. The van der Waals surface area contributed by atoms with Crippen LogP contribution < -0.4 is 4.90 Å². The van der Waals surface area contributed by atoms with Crippen molar-refractivity contribution in [2.45, 2.75) is 12.7 Å². The molecule has 20 heavy (non-hydrogen) atoms. The van der Waals surface area contributed by atoms with E-state index >= 15 is 0 Å². The molecule has 0 radical (unpaired) electrons. The maximum Gasteiger partial charge on any atom is 0.419 e. The van der Waals surface area contributed by atoms with Crippen LogP contribution in [0.5, 0.6) is 0 Å². The van der Waals surface area contributed by atoms with Gasteiger partial charge >= 0.3 is 6.18 Å². The zero-order valence-corrected chi connectivity index (χ0v) is 11.4. The molecule has 0 unspecified atom stereocenters. The minimum atomic E-state index is -4.49. The summed E-state index contributed by atoms with van der Waals surface area (Å²) in [6.45, 7) is 0.537. The molecule has 0 amide bonds. The summed E-state index contributed by atoms with van der Waals surface area (Å²) >= 11 is 5.60. The predicted octanol–water partition coefficient (Wildman–Crippen LogP) is 4.39. The molecule has 0 aliphatic rings. The molecule has 1 aromatic heterocycles. The highest BCUT2D eigenvalue weighted by atomic mass is 35.5. The fourth-order valence-electron chi connectivity index (χ4n) is 1.79. The molecule has 2 aromatic rings. The summed E-state index contributed by atoms with van der Waals surface area (Å²) in [5.74, 6) is 0.395. The van der Waals surface area contributed by atoms with Crippen molar-refractivity contribution < 1.29 is 13.2 Å². The largest absolute Gasteiger partial charge is 0.419 e. The van der Waals surface area contributed by atoms with Crippen LogP contribution in [0.15, 0.2) is 42.5 Å². The normalized spacial score (nSPS) is 11.4. The summed E-state index contributed by atoms with van der Waals surface area (Å²) in [4.78, 5) is 5.54. The summed E-state index contributed by atoms with van der Waals surface area (Å²) < 4.78 is 37.8. The van der Waals surface area contributed by atoms with Gasteiger partial charge in [0, 0.05) is 13.6 Å². The van der Waals surface area contributed by atoms with Crippen molar-refractivity contribution in [1.82, 2.24) is 4.98 Å². The summed E-state index contributed by atoms with van der Waals surface area (Å²) in [5, 5.41) is -0.532. The van der Waals surface area contributed by atoms with Crippen LogP contribution in [-0.2, 0) is 12.7 Å². The number of pyridine rings is 1. The van der Waals surface area contributed by atoms with Crippen LogP contribution in [0.3, 0.4) is 0 Å². The molecule has 0 bridgehead atoms. The van der Waals surface area contributed by atoms with Crippen LogP contribution in [-0.4, -0.2) is 12.0 Å². The Labute approximate surface area is 119 Å². The zero-order valence-electron chi connectivity index (χ0n) is 10.7. The van der Waals surface area contributed by atoms with Crippen molar-refractivity contribution in [3.8, 4) is 0 Å². The van der Waals surface area contributed by atoms with E-state index in [1.54, 1.807) is 11.9 Å². The Morgan fingerprint density at radius 1 is 1.10 bits per heavy atom. The maximum atomic E-state index is 12.6. The molecule has 0 aliphatic heterocycles. The fraction of sp³-hybridized carbons (Fsp3) is 0.214. The summed E-state index contributed by atoms with van der Waals surface area (Å²) in [5.41, 5.74) is 0.115. The number of anilines is 1. The van der Waals surface area contributed by atoms with E-state index in [2.05, 4.69) is 4.98 Å². The van der Waals surface area contributed by atoms with Crippen molar-refractivity contribution in [3.05, 3.63) is 58.7 Å². The van der Waals surface area contributed by atoms with E-state index < -0.39 is 16.9 Å². The minimum absolute atomic E-state index is 0.395. The van der Waals surface area contributed by atoms with Crippen molar-refractivity contribution in [2.75, 3.05) is 11.9 Å². The fourth-order valence-corrected chi connectivity index (χ4v) is 2.04. The number of nitrogens with zero attached hydrogens (tertiary/aromatic N) is 2. The second-order valence-corrected chi connectivity index (χ2v) is 4.71. The van der Waals surface area contributed by atoms with Gasteiger partial charge in [0.2, 0.25) is 0 Å². The number of rotatable bonds is 3. The van der Waals surface area contributed by atoms with Gasteiger partial charge in [-0.3, -0.25) is 0 Å². The molecule has 0 spiro atoms. The van der Waals surface area contributed by atoms with Gasteiger partial charge < -0.3 is 4.90 Å². The van der Waals surface area contributed by atoms with Crippen LogP contribution in [0.2, 0.25) is 5.15 Å². The van der Waals surface area contributed by atoms with Gasteiger partial charge in [0.05, 0.1) is 5.56 Å². The molecule has 0 saturated heterocycles. The summed E-state index contributed by atoms with van der Waals surface area (Å²) in [6.07, 6.45) is -4.49. The number of hydrogen-bond acceptors (Lipinski definition) is 2. The van der Waals surface area contributed by atoms with E-state index in [-0.39, 0.29) is 0 Å². The highest BCUT2D eigenvalue weighted by Crippen LogP contribution is 2.34. The lowest BCUT2D eigenvalue weighted by molar-refractivity contribution is -0.137. The van der Waals surface area contributed by atoms with Gasteiger partial charge in [0.25, 0.3) is 0 Å². The monoisotopic (exact) mass is 300 g/mol. The molecule has 0 aliphatic carbocycles. The SMILES string of the molecule is CN(Cc1ccccc1)c1ccc(C(F)(F)F)c(Cl)n1. The molecule has 106 valence electrons. The Morgan fingerprint density at radius 3 is 2.30 bits per heavy atom. The molecular weight excluding hydrogens is 289 g/mol. The van der Waals surface area contributed by atoms with Crippen LogP contribution in [0, 0.1) is 0 Å². The molecule has 0 atom stereocenters. The second-order valence-electron chi connectivity index (χ2n) is 4.35. The third-order valence-electron chi connectivity index (χ3n) is 2.79. The van der Waals surface area contributed by atoms with Gasteiger partial charge in [0.15, 0.2) is 0 Å². The molecule has 1 heterocycles. The lowest BCUT2D eigenvalue weighted by Gasteiger charge is -2.19. The zero-order chi connectivity index (χ0) is 14.8. The quantitative estimate of drug-likeness (QED) is 0.782. The molecule has 1 aromatic carbocycles. The lowest BCUT2D eigenvalue weighted by Crippen LogP contribution is -2.18. The molecule has 0 fully saturated rings. The first-order valence-electron chi connectivity index (χ1n) is 5.87. The maximum absolute atomic E-state index is 12.6. The summed E-state index contributed by atoms with van der Waals surface area (Å²) in [6, 6.07) is 11.8. The molecule has 6 heteroatoms. The van der Waals surface area contributed by atoms with Gasteiger partial charge in [-0.15, -0.1) is 0 Å². The molecule has 0 N–H and O–H groups in total. The average molecular weight is 301 g/mol. The van der Waals surface area contributed by atoms with E-state index in [0.29, 0.717) is 12.4 Å². The van der Waals surface area contributed by atoms with E-state index in [4.69, 9.17) is 11.6 Å². The van der Waals surface area contributed by atoms with Crippen molar-refractivity contribution in [3.63, 3.8) is 0 Å². The highest BCUT2D eigenvalue weighted by molar-refractivity contribution is 6.30. The number of benzene rings is 1. The lowest BCUT2D eigenvalue weighted by atomic mass is 10.2. The van der Waals surface area contributed by atoms with Crippen LogP contribution in [0.4, 0.5) is 19.0 Å². The Balaban J connectivity index is 2.19. The van der Waals surface area contributed by atoms with Crippen LogP contribution in [0.25, 0.3) is 0 Å². The van der Waals surface area contributed by atoms with Crippen molar-refractivity contribution in [2.24, 2.45) is 0 Å². The molecular formula is C14H12ClF3N2. The van der Waals surface area contributed by atoms with Gasteiger partial charge in [-0.2, -0.15) is 13.2 Å². The van der Waals surface area contributed by atoms with E-state index in [0.717, 1.165) is 11.6 Å². The average Bonchev–Trinajstić information content (AvgIpc) is 2.38.